The lowest BCUT2D eigenvalue weighted by molar-refractivity contribution is 0.351. The third-order valence-corrected chi connectivity index (χ3v) is 4.31. The minimum atomic E-state index is 0.549. The Morgan fingerprint density at radius 1 is 1.39 bits per heavy atom. The van der Waals surface area contributed by atoms with Crippen molar-refractivity contribution in [2.45, 2.75) is 39.0 Å². The van der Waals surface area contributed by atoms with Crippen LogP contribution in [-0.2, 0) is 5.88 Å². The predicted octanol–water partition coefficient (Wildman–Crippen LogP) is 4.08. The average Bonchev–Trinajstić information content (AvgIpc) is 2.64. The van der Waals surface area contributed by atoms with Gasteiger partial charge in [0.25, 0.3) is 0 Å². The summed E-state index contributed by atoms with van der Waals surface area (Å²) in [7, 11) is 0. The van der Waals surface area contributed by atoms with Crippen LogP contribution in [0.5, 0.6) is 0 Å². The number of hydrogen-bond donors (Lipinski definition) is 0. The van der Waals surface area contributed by atoms with Crippen LogP contribution in [0.15, 0.2) is 18.3 Å². The Morgan fingerprint density at radius 2 is 2.22 bits per heavy atom. The number of rotatable bonds is 3. The minimum absolute atomic E-state index is 0.549. The van der Waals surface area contributed by atoms with Gasteiger partial charge in [-0.2, -0.15) is 0 Å². The maximum absolute atomic E-state index is 6.00. The van der Waals surface area contributed by atoms with Crippen molar-refractivity contribution in [3.63, 3.8) is 0 Å². The summed E-state index contributed by atoms with van der Waals surface area (Å²) >= 11 is 6.00. The maximum Gasteiger partial charge on any atom is 0.132 e. The topological polar surface area (TPSA) is 16.1 Å². The van der Waals surface area contributed by atoms with Gasteiger partial charge in [-0.15, -0.1) is 11.6 Å². The Labute approximate surface area is 115 Å². The Kier molecular flexibility index (Phi) is 4.87. The lowest BCUT2D eigenvalue weighted by Gasteiger charge is -2.24. The number of pyridine rings is 1. The molecule has 0 amide bonds. The molecule has 1 aliphatic heterocycles. The monoisotopic (exact) mass is 266 g/mol. The number of halogens is 1. The first kappa shape index (κ1) is 13.7. The Hall–Kier alpha value is -0.760. The van der Waals surface area contributed by atoms with Gasteiger partial charge in [-0.3, -0.25) is 0 Å². The summed E-state index contributed by atoms with van der Waals surface area (Å²) in [5.74, 6) is 3.30. The fourth-order valence-electron chi connectivity index (χ4n) is 2.82. The molecule has 0 radical (unpaired) electrons. The van der Waals surface area contributed by atoms with E-state index in [0.717, 1.165) is 36.3 Å². The number of nitrogens with zero attached hydrogens (tertiary/aromatic N) is 2. The zero-order chi connectivity index (χ0) is 13.0. The van der Waals surface area contributed by atoms with Crippen LogP contribution in [0.25, 0.3) is 0 Å². The molecule has 1 unspecified atom stereocenters. The van der Waals surface area contributed by atoms with E-state index in [9.17, 15) is 0 Å². The van der Waals surface area contributed by atoms with Crippen molar-refractivity contribution in [2.75, 3.05) is 18.0 Å². The summed E-state index contributed by atoms with van der Waals surface area (Å²) in [6.07, 6.45) is 5.75. The summed E-state index contributed by atoms with van der Waals surface area (Å²) in [6, 6.07) is 4.05. The second-order valence-electron chi connectivity index (χ2n) is 5.54. The van der Waals surface area contributed by atoms with E-state index in [1.165, 1.54) is 19.3 Å². The molecule has 0 aromatic carbocycles. The average molecular weight is 267 g/mol. The summed E-state index contributed by atoms with van der Waals surface area (Å²) in [4.78, 5) is 6.94. The fraction of sp³-hybridized carbons (Fsp3) is 0.667. The third-order valence-electron chi connectivity index (χ3n) is 4.03. The van der Waals surface area contributed by atoms with E-state index < -0.39 is 0 Å². The predicted molar refractivity (Wildman–Crippen MR) is 78.2 cm³/mol. The molecule has 2 nitrogen and oxygen atoms in total. The van der Waals surface area contributed by atoms with Crippen LogP contribution in [0.1, 0.15) is 38.7 Å². The SMILES string of the molecule is CC(C)C1CCCN(c2ncccc2CCl)CC1. The van der Waals surface area contributed by atoms with E-state index in [2.05, 4.69) is 29.8 Å². The van der Waals surface area contributed by atoms with Crippen molar-refractivity contribution in [1.29, 1.82) is 0 Å². The van der Waals surface area contributed by atoms with Crippen molar-refractivity contribution < 1.29 is 0 Å². The van der Waals surface area contributed by atoms with Crippen molar-refractivity contribution in [1.82, 2.24) is 4.98 Å². The molecule has 1 aliphatic rings. The molecular formula is C15H23ClN2. The summed E-state index contributed by atoms with van der Waals surface area (Å²) in [6.45, 7) is 6.91. The second-order valence-corrected chi connectivity index (χ2v) is 5.81. The second kappa shape index (κ2) is 6.42. The van der Waals surface area contributed by atoms with Crippen LogP contribution in [0.2, 0.25) is 0 Å². The van der Waals surface area contributed by atoms with Gasteiger partial charge in [0.2, 0.25) is 0 Å². The molecule has 1 fully saturated rings. The standard InChI is InChI=1S/C15H23ClN2/c1-12(2)13-6-4-9-18(10-7-13)15-14(11-16)5-3-8-17-15/h3,5,8,12-13H,4,6-7,9-11H2,1-2H3. The largest absolute Gasteiger partial charge is 0.356 e. The van der Waals surface area contributed by atoms with Gasteiger partial charge < -0.3 is 4.90 Å². The highest BCUT2D eigenvalue weighted by molar-refractivity contribution is 6.17. The van der Waals surface area contributed by atoms with Crippen molar-refractivity contribution >= 4 is 17.4 Å². The normalized spacial score (nSPS) is 21.1. The molecule has 0 bridgehead atoms. The first-order chi connectivity index (χ1) is 8.72. The lowest BCUT2D eigenvalue weighted by Crippen LogP contribution is -2.26. The van der Waals surface area contributed by atoms with Gasteiger partial charge in [-0.25, -0.2) is 4.98 Å². The lowest BCUT2D eigenvalue weighted by atomic mass is 9.89. The first-order valence-electron chi connectivity index (χ1n) is 6.97. The smallest absolute Gasteiger partial charge is 0.132 e. The molecule has 0 aliphatic carbocycles. The van der Waals surface area contributed by atoms with Crippen LogP contribution in [0, 0.1) is 11.8 Å². The molecule has 0 N–H and O–H groups in total. The summed E-state index contributed by atoms with van der Waals surface area (Å²) < 4.78 is 0. The van der Waals surface area contributed by atoms with Crippen LogP contribution in [-0.4, -0.2) is 18.1 Å². The zero-order valence-corrected chi connectivity index (χ0v) is 12.2. The van der Waals surface area contributed by atoms with Crippen LogP contribution in [0.3, 0.4) is 0 Å². The van der Waals surface area contributed by atoms with Gasteiger partial charge >= 0.3 is 0 Å². The number of hydrogen-bond acceptors (Lipinski definition) is 2. The van der Waals surface area contributed by atoms with Crippen molar-refractivity contribution in [3.8, 4) is 0 Å². The Bertz CT molecular complexity index is 379. The molecular weight excluding hydrogens is 244 g/mol. The van der Waals surface area contributed by atoms with Gasteiger partial charge in [0.1, 0.15) is 5.82 Å². The van der Waals surface area contributed by atoms with Gasteiger partial charge in [0.05, 0.1) is 5.88 Å². The quantitative estimate of drug-likeness (QED) is 0.767. The molecule has 0 spiro atoms. The van der Waals surface area contributed by atoms with Gasteiger partial charge in [0, 0.05) is 24.8 Å². The molecule has 0 saturated carbocycles. The highest BCUT2D eigenvalue weighted by Gasteiger charge is 2.21. The van der Waals surface area contributed by atoms with Crippen molar-refractivity contribution in [3.05, 3.63) is 23.9 Å². The summed E-state index contributed by atoms with van der Waals surface area (Å²) in [5.41, 5.74) is 1.15. The van der Waals surface area contributed by atoms with E-state index in [-0.39, 0.29) is 0 Å². The third kappa shape index (κ3) is 3.17. The van der Waals surface area contributed by atoms with E-state index in [1.54, 1.807) is 0 Å². The molecule has 1 atom stereocenters. The van der Waals surface area contributed by atoms with Gasteiger partial charge in [0.15, 0.2) is 0 Å². The highest BCUT2D eigenvalue weighted by atomic mass is 35.5. The molecule has 18 heavy (non-hydrogen) atoms. The molecule has 2 rings (SSSR count). The number of anilines is 1. The number of aromatic nitrogens is 1. The molecule has 1 saturated heterocycles. The van der Waals surface area contributed by atoms with E-state index in [4.69, 9.17) is 11.6 Å². The van der Waals surface area contributed by atoms with Gasteiger partial charge in [-0.05, 0) is 37.2 Å². The van der Waals surface area contributed by atoms with E-state index in [1.807, 2.05) is 12.3 Å². The van der Waals surface area contributed by atoms with Crippen LogP contribution >= 0.6 is 11.6 Å². The maximum atomic E-state index is 6.00. The fourth-order valence-corrected chi connectivity index (χ4v) is 3.03. The van der Waals surface area contributed by atoms with Crippen LogP contribution in [0.4, 0.5) is 5.82 Å². The molecule has 100 valence electrons. The van der Waals surface area contributed by atoms with Gasteiger partial charge in [-0.1, -0.05) is 19.9 Å². The van der Waals surface area contributed by atoms with Crippen LogP contribution < -0.4 is 4.90 Å². The first-order valence-corrected chi connectivity index (χ1v) is 7.50. The van der Waals surface area contributed by atoms with E-state index >= 15 is 0 Å². The zero-order valence-electron chi connectivity index (χ0n) is 11.4. The van der Waals surface area contributed by atoms with E-state index in [0.29, 0.717) is 5.88 Å². The van der Waals surface area contributed by atoms with Crippen molar-refractivity contribution in [2.24, 2.45) is 11.8 Å². The molecule has 1 aromatic rings. The molecule has 1 aromatic heterocycles. The minimum Gasteiger partial charge on any atom is -0.356 e. The summed E-state index contributed by atoms with van der Waals surface area (Å²) in [5, 5.41) is 0. The molecule has 2 heterocycles. The Balaban J connectivity index is 2.10. The molecule has 3 heteroatoms. The number of alkyl halides is 1. The highest BCUT2D eigenvalue weighted by Crippen LogP contribution is 2.28. The Morgan fingerprint density at radius 3 is 2.94 bits per heavy atom.